The molecule has 0 aliphatic heterocycles. The maximum atomic E-state index is 10.8. The van der Waals surface area contributed by atoms with E-state index in [0.29, 0.717) is 6.42 Å². The van der Waals surface area contributed by atoms with E-state index in [-0.39, 0.29) is 5.78 Å². The van der Waals surface area contributed by atoms with Crippen LogP contribution in [-0.4, -0.2) is 17.0 Å². The maximum Gasteiger partial charge on any atom is 0.164 e. The van der Waals surface area contributed by atoms with Crippen LogP contribution in [-0.2, 0) is 4.79 Å². The molecule has 0 heterocycles. The fourth-order valence-electron chi connectivity index (χ4n) is 0.475. The summed E-state index contributed by atoms with van der Waals surface area (Å²) in [6.07, 6.45) is 1.34. The number of ketones is 1. The molecule has 0 aromatic rings. The zero-order valence-corrected chi connectivity index (χ0v) is 6.72. The summed E-state index contributed by atoms with van der Waals surface area (Å²) in [5.41, 5.74) is 1.11. The highest BCUT2D eigenvalue weighted by molar-refractivity contribution is 5.83. The standard InChI is InChI=1S/C8H14O2/c1-6(2)4-5-8(10)7(3)9/h4,7,9H,5H2,1-3H3. The van der Waals surface area contributed by atoms with Crippen molar-refractivity contribution in [1.29, 1.82) is 0 Å². The number of hydrogen-bond donors (Lipinski definition) is 1. The van der Waals surface area contributed by atoms with E-state index in [1.807, 2.05) is 19.9 Å². The molecule has 1 unspecified atom stereocenters. The first-order valence-corrected chi connectivity index (χ1v) is 3.38. The van der Waals surface area contributed by atoms with Crippen molar-refractivity contribution in [2.24, 2.45) is 0 Å². The topological polar surface area (TPSA) is 37.3 Å². The van der Waals surface area contributed by atoms with Gasteiger partial charge in [0.2, 0.25) is 0 Å². The van der Waals surface area contributed by atoms with Crippen molar-refractivity contribution in [3.05, 3.63) is 11.6 Å². The van der Waals surface area contributed by atoms with Crippen LogP contribution in [0, 0.1) is 0 Å². The number of rotatable bonds is 3. The summed E-state index contributed by atoms with van der Waals surface area (Å²) in [7, 11) is 0. The Morgan fingerprint density at radius 3 is 2.40 bits per heavy atom. The van der Waals surface area contributed by atoms with Gasteiger partial charge in [-0.2, -0.15) is 0 Å². The Morgan fingerprint density at radius 2 is 2.10 bits per heavy atom. The van der Waals surface area contributed by atoms with Crippen LogP contribution in [0.1, 0.15) is 27.2 Å². The SMILES string of the molecule is CC(C)=CCC(=O)C(C)O. The second kappa shape index (κ2) is 4.23. The molecule has 0 radical (unpaired) electrons. The van der Waals surface area contributed by atoms with Gasteiger partial charge in [-0.05, 0) is 20.8 Å². The monoisotopic (exact) mass is 142 g/mol. The van der Waals surface area contributed by atoms with Crippen molar-refractivity contribution in [1.82, 2.24) is 0 Å². The van der Waals surface area contributed by atoms with Gasteiger partial charge in [0.25, 0.3) is 0 Å². The molecule has 1 N–H and O–H groups in total. The van der Waals surface area contributed by atoms with Crippen molar-refractivity contribution >= 4 is 5.78 Å². The third-order valence-electron chi connectivity index (χ3n) is 1.18. The Balaban J connectivity index is 3.71. The van der Waals surface area contributed by atoms with Gasteiger partial charge in [-0.3, -0.25) is 4.79 Å². The molecule has 1 atom stereocenters. The zero-order chi connectivity index (χ0) is 8.15. The van der Waals surface area contributed by atoms with Crippen LogP contribution in [0.3, 0.4) is 0 Å². The lowest BCUT2D eigenvalue weighted by molar-refractivity contribution is -0.125. The average molecular weight is 142 g/mol. The van der Waals surface area contributed by atoms with Crippen molar-refractivity contribution in [3.8, 4) is 0 Å². The van der Waals surface area contributed by atoms with Crippen molar-refractivity contribution in [2.45, 2.75) is 33.3 Å². The van der Waals surface area contributed by atoms with E-state index in [4.69, 9.17) is 5.11 Å². The van der Waals surface area contributed by atoms with Gasteiger partial charge in [-0.1, -0.05) is 11.6 Å². The van der Waals surface area contributed by atoms with Crippen LogP contribution in [0.5, 0.6) is 0 Å². The van der Waals surface area contributed by atoms with Crippen molar-refractivity contribution < 1.29 is 9.90 Å². The predicted octanol–water partition coefficient (Wildman–Crippen LogP) is 1.29. The van der Waals surface area contributed by atoms with Crippen LogP contribution in [0.4, 0.5) is 0 Å². The van der Waals surface area contributed by atoms with E-state index in [0.717, 1.165) is 5.57 Å². The lowest BCUT2D eigenvalue weighted by Gasteiger charge is -1.98. The number of Topliss-reactive ketones (excluding diaryl/α,β-unsaturated/α-hetero) is 1. The summed E-state index contributed by atoms with van der Waals surface area (Å²) in [6, 6.07) is 0. The molecule has 0 rings (SSSR count). The van der Waals surface area contributed by atoms with Crippen LogP contribution in [0.15, 0.2) is 11.6 Å². The molecule has 2 nitrogen and oxygen atoms in total. The number of aliphatic hydroxyl groups is 1. The van der Waals surface area contributed by atoms with E-state index < -0.39 is 6.10 Å². The molecule has 2 heteroatoms. The third-order valence-corrected chi connectivity index (χ3v) is 1.18. The van der Waals surface area contributed by atoms with Gasteiger partial charge in [0, 0.05) is 6.42 Å². The molecular formula is C8H14O2. The Labute approximate surface area is 61.6 Å². The highest BCUT2D eigenvalue weighted by Crippen LogP contribution is 1.96. The molecule has 0 aliphatic rings. The molecule has 0 saturated carbocycles. The van der Waals surface area contributed by atoms with E-state index in [9.17, 15) is 4.79 Å². The third kappa shape index (κ3) is 4.27. The van der Waals surface area contributed by atoms with Gasteiger partial charge in [-0.15, -0.1) is 0 Å². The van der Waals surface area contributed by atoms with E-state index in [1.54, 1.807) is 0 Å². The number of carbonyl (C=O) groups excluding carboxylic acids is 1. The molecular weight excluding hydrogens is 128 g/mol. The molecule has 0 amide bonds. The second-order valence-electron chi connectivity index (χ2n) is 2.63. The summed E-state index contributed by atoms with van der Waals surface area (Å²) >= 11 is 0. The minimum Gasteiger partial charge on any atom is -0.386 e. The van der Waals surface area contributed by atoms with E-state index >= 15 is 0 Å². The highest BCUT2D eigenvalue weighted by atomic mass is 16.3. The van der Waals surface area contributed by atoms with Gasteiger partial charge in [0.1, 0.15) is 6.10 Å². The second-order valence-corrected chi connectivity index (χ2v) is 2.63. The summed E-state index contributed by atoms with van der Waals surface area (Å²) in [5, 5.41) is 8.75. The highest BCUT2D eigenvalue weighted by Gasteiger charge is 2.05. The Hall–Kier alpha value is -0.630. The summed E-state index contributed by atoms with van der Waals surface area (Å²) in [4.78, 5) is 10.8. The molecule has 10 heavy (non-hydrogen) atoms. The summed E-state index contributed by atoms with van der Waals surface area (Å²) in [6.45, 7) is 5.34. The lowest BCUT2D eigenvalue weighted by atomic mass is 10.1. The maximum absolute atomic E-state index is 10.8. The molecule has 0 aromatic carbocycles. The fourth-order valence-corrected chi connectivity index (χ4v) is 0.475. The lowest BCUT2D eigenvalue weighted by Crippen LogP contribution is -2.14. The largest absolute Gasteiger partial charge is 0.386 e. The fraction of sp³-hybridized carbons (Fsp3) is 0.625. The molecule has 0 aliphatic carbocycles. The Bertz CT molecular complexity index is 141. The Morgan fingerprint density at radius 1 is 1.60 bits per heavy atom. The van der Waals surface area contributed by atoms with Gasteiger partial charge in [-0.25, -0.2) is 0 Å². The minimum absolute atomic E-state index is 0.124. The van der Waals surface area contributed by atoms with Gasteiger partial charge in [0.05, 0.1) is 0 Å². The molecule has 0 bridgehead atoms. The predicted molar refractivity (Wildman–Crippen MR) is 40.7 cm³/mol. The average Bonchev–Trinajstić information content (AvgIpc) is 1.82. The number of hydrogen-bond acceptors (Lipinski definition) is 2. The van der Waals surface area contributed by atoms with Crippen LogP contribution in [0.2, 0.25) is 0 Å². The smallest absolute Gasteiger partial charge is 0.164 e. The first-order valence-electron chi connectivity index (χ1n) is 3.38. The quantitative estimate of drug-likeness (QED) is 0.603. The number of aliphatic hydroxyl groups excluding tert-OH is 1. The van der Waals surface area contributed by atoms with Crippen LogP contribution < -0.4 is 0 Å². The van der Waals surface area contributed by atoms with Crippen LogP contribution in [0.25, 0.3) is 0 Å². The molecule has 0 spiro atoms. The van der Waals surface area contributed by atoms with E-state index in [1.165, 1.54) is 6.92 Å². The first kappa shape index (κ1) is 9.37. The number of carbonyl (C=O) groups is 1. The van der Waals surface area contributed by atoms with Crippen LogP contribution >= 0.6 is 0 Å². The first-order chi connectivity index (χ1) is 4.54. The van der Waals surface area contributed by atoms with Crippen molar-refractivity contribution in [3.63, 3.8) is 0 Å². The van der Waals surface area contributed by atoms with Crippen molar-refractivity contribution in [2.75, 3.05) is 0 Å². The molecule has 58 valence electrons. The van der Waals surface area contributed by atoms with Gasteiger partial charge < -0.3 is 5.11 Å². The molecule has 0 fully saturated rings. The van der Waals surface area contributed by atoms with E-state index in [2.05, 4.69) is 0 Å². The minimum atomic E-state index is -0.824. The summed E-state index contributed by atoms with van der Waals surface area (Å²) in [5.74, 6) is -0.124. The Kier molecular flexibility index (Phi) is 3.96. The van der Waals surface area contributed by atoms with Gasteiger partial charge in [0.15, 0.2) is 5.78 Å². The molecule has 0 saturated heterocycles. The normalized spacial score (nSPS) is 12.4. The summed E-state index contributed by atoms with van der Waals surface area (Å²) < 4.78 is 0. The van der Waals surface area contributed by atoms with Gasteiger partial charge >= 0.3 is 0 Å². The molecule has 0 aromatic heterocycles. The number of allylic oxidation sites excluding steroid dienone is 2. The zero-order valence-electron chi connectivity index (χ0n) is 6.72.